The first kappa shape index (κ1) is 19.9. The van der Waals surface area contributed by atoms with Gasteiger partial charge >= 0.3 is 0 Å². The van der Waals surface area contributed by atoms with Crippen LogP contribution in [0.2, 0.25) is 0 Å². The summed E-state index contributed by atoms with van der Waals surface area (Å²) in [7, 11) is 1.51. The molecule has 0 spiro atoms. The van der Waals surface area contributed by atoms with Crippen molar-refractivity contribution in [3.8, 4) is 5.75 Å². The number of ether oxygens (including phenoxy) is 1. The van der Waals surface area contributed by atoms with E-state index in [0.717, 1.165) is 14.9 Å². The minimum Gasteiger partial charge on any atom is -0.495 e. The molecule has 3 aromatic carbocycles. The van der Waals surface area contributed by atoms with Gasteiger partial charge in [0.25, 0.3) is 11.8 Å². The molecule has 0 atom stereocenters. The van der Waals surface area contributed by atoms with Gasteiger partial charge in [-0.3, -0.25) is 9.59 Å². The Morgan fingerprint density at radius 3 is 2.33 bits per heavy atom. The number of nitrogens with zero attached hydrogens (tertiary/aromatic N) is 1. The smallest absolute Gasteiger partial charge is 0.282 e. The third-order valence-corrected chi connectivity index (χ3v) is 5.34. The van der Waals surface area contributed by atoms with Crippen LogP contribution in [0.3, 0.4) is 0 Å². The van der Waals surface area contributed by atoms with E-state index in [0.29, 0.717) is 28.3 Å². The number of methoxy groups -OCH3 is 1. The number of rotatable bonds is 5. The molecule has 1 N–H and O–H groups in total. The third kappa shape index (κ3) is 3.62. The Kier molecular flexibility index (Phi) is 5.42. The van der Waals surface area contributed by atoms with Gasteiger partial charge in [0.05, 0.1) is 18.4 Å². The summed E-state index contributed by atoms with van der Waals surface area (Å²) >= 11 is 3.44. The fourth-order valence-electron chi connectivity index (χ4n) is 3.38. The minimum atomic E-state index is -0.431. The quantitative estimate of drug-likeness (QED) is 0.531. The summed E-state index contributed by atoms with van der Waals surface area (Å²) in [5, 5.41) is 3.16. The number of aryl methyl sites for hydroxylation is 1. The van der Waals surface area contributed by atoms with Crippen LogP contribution in [0.15, 0.2) is 83.0 Å². The van der Waals surface area contributed by atoms with Gasteiger partial charge in [-0.1, -0.05) is 64.0 Å². The molecule has 1 aliphatic heterocycles. The second kappa shape index (κ2) is 8.16. The normalized spacial score (nSPS) is 13.8. The molecule has 0 radical (unpaired) electrons. The van der Waals surface area contributed by atoms with Gasteiger partial charge in [0.1, 0.15) is 11.4 Å². The van der Waals surface area contributed by atoms with E-state index in [1.807, 2.05) is 55.5 Å². The SMILES string of the molecule is COc1ccccc1N1C(=O)C(Nc2cccc(Br)c2)=C(c2ccc(C)cc2)C1=O. The molecule has 6 heteroatoms. The fraction of sp³-hybridized carbons (Fsp3) is 0.0833. The molecule has 0 aromatic heterocycles. The van der Waals surface area contributed by atoms with Crippen molar-refractivity contribution in [2.75, 3.05) is 17.3 Å². The first-order chi connectivity index (χ1) is 14.5. The van der Waals surface area contributed by atoms with Gasteiger partial charge in [-0.15, -0.1) is 0 Å². The number of hydrogen-bond donors (Lipinski definition) is 1. The maximum atomic E-state index is 13.5. The molecule has 0 saturated carbocycles. The highest BCUT2D eigenvalue weighted by molar-refractivity contribution is 9.10. The predicted molar refractivity (Wildman–Crippen MR) is 121 cm³/mol. The van der Waals surface area contributed by atoms with Crippen molar-refractivity contribution in [1.29, 1.82) is 0 Å². The average molecular weight is 463 g/mol. The first-order valence-corrected chi connectivity index (χ1v) is 10.1. The molecule has 0 fully saturated rings. The van der Waals surface area contributed by atoms with Gasteiger partial charge in [-0.25, -0.2) is 4.90 Å². The lowest BCUT2D eigenvalue weighted by Gasteiger charge is -2.18. The molecule has 2 amide bonds. The number of carbonyl (C=O) groups is 2. The van der Waals surface area contributed by atoms with Crippen molar-refractivity contribution in [2.24, 2.45) is 0 Å². The molecule has 0 unspecified atom stereocenters. The molecule has 30 heavy (non-hydrogen) atoms. The number of benzene rings is 3. The summed E-state index contributed by atoms with van der Waals surface area (Å²) in [5.74, 6) is -0.378. The molecule has 4 rings (SSSR count). The summed E-state index contributed by atoms with van der Waals surface area (Å²) < 4.78 is 6.25. The molecule has 1 heterocycles. The zero-order valence-corrected chi connectivity index (χ0v) is 18.1. The van der Waals surface area contributed by atoms with Crippen molar-refractivity contribution in [1.82, 2.24) is 0 Å². The van der Waals surface area contributed by atoms with Gasteiger partial charge in [0.15, 0.2) is 0 Å². The summed E-state index contributed by atoms with van der Waals surface area (Å²) in [6.45, 7) is 1.97. The minimum absolute atomic E-state index is 0.229. The van der Waals surface area contributed by atoms with E-state index >= 15 is 0 Å². The Morgan fingerprint density at radius 2 is 1.63 bits per heavy atom. The Labute approximate surface area is 183 Å². The van der Waals surface area contributed by atoms with E-state index in [-0.39, 0.29) is 5.70 Å². The highest BCUT2D eigenvalue weighted by Crippen LogP contribution is 2.37. The summed E-state index contributed by atoms with van der Waals surface area (Å²) in [5.41, 5.74) is 3.41. The van der Waals surface area contributed by atoms with Gasteiger partial charge in [-0.2, -0.15) is 0 Å². The first-order valence-electron chi connectivity index (χ1n) is 9.35. The maximum absolute atomic E-state index is 13.5. The van der Waals surface area contributed by atoms with E-state index < -0.39 is 11.8 Å². The monoisotopic (exact) mass is 462 g/mol. The van der Waals surface area contributed by atoms with Crippen LogP contribution in [-0.4, -0.2) is 18.9 Å². The second-order valence-electron chi connectivity index (χ2n) is 6.87. The topological polar surface area (TPSA) is 58.6 Å². The largest absolute Gasteiger partial charge is 0.495 e. The maximum Gasteiger partial charge on any atom is 0.282 e. The van der Waals surface area contributed by atoms with Crippen LogP contribution in [0.5, 0.6) is 5.75 Å². The van der Waals surface area contributed by atoms with Crippen LogP contribution in [0.1, 0.15) is 11.1 Å². The van der Waals surface area contributed by atoms with Crippen molar-refractivity contribution in [3.05, 3.63) is 94.1 Å². The summed E-state index contributed by atoms with van der Waals surface area (Å²) in [6.07, 6.45) is 0. The zero-order valence-electron chi connectivity index (χ0n) is 16.5. The number of nitrogens with one attached hydrogen (secondary N) is 1. The van der Waals surface area contributed by atoms with Gasteiger partial charge in [-0.05, 0) is 42.8 Å². The number of imide groups is 1. The number of anilines is 2. The zero-order chi connectivity index (χ0) is 21.3. The molecule has 0 aliphatic carbocycles. The van der Waals surface area contributed by atoms with E-state index in [4.69, 9.17) is 4.74 Å². The Balaban J connectivity index is 1.85. The lowest BCUT2D eigenvalue weighted by atomic mass is 10.0. The van der Waals surface area contributed by atoms with E-state index in [2.05, 4.69) is 21.2 Å². The lowest BCUT2D eigenvalue weighted by molar-refractivity contribution is -0.120. The van der Waals surface area contributed by atoms with Gasteiger partial charge in [0.2, 0.25) is 0 Å². The molecular weight excluding hydrogens is 444 g/mol. The molecule has 5 nitrogen and oxygen atoms in total. The van der Waals surface area contributed by atoms with Crippen LogP contribution in [0, 0.1) is 6.92 Å². The number of hydrogen-bond acceptors (Lipinski definition) is 4. The van der Waals surface area contributed by atoms with Crippen molar-refractivity contribution < 1.29 is 14.3 Å². The van der Waals surface area contributed by atoms with Crippen molar-refractivity contribution in [2.45, 2.75) is 6.92 Å². The van der Waals surface area contributed by atoms with Crippen LogP contribution in [0.4, 0.5) is 11.4 Å². The lowest BCUT2D eigenvalue weighted by Crippen LogP contribution is -2.32. The highest BCUT2D eigenvalue weighted by Gasteiger charge is 2.41. The Bertz CT molecular complexity index is 1170. The van der Waals surface area contributed by atoms with E-state index in [9.17, 15) is 9.59 Å². The average Bonchev–Trinajstić information content (AvgIpc) is 2.98. The molecule has 0 saturated heterocycles. The summed E-state index contributed by atoms with van der Waals surface area (Å²) in [6, 6.07) is 22.0. The molecule has 3 aromatic rings. The number of carbonyl (C=O) groups excluding carboxylic acids is 2. The van der Waals surface area contributed by atoms with Crippen LogP contribution in [-0.2, 0) is 9.59 Å². The fourth-order valence-corrected chi connectivity index (χ4v) is 3.78. The van der Waals surface area contributed by atoms with Gasteiger partial charge in [0, 0.05) is 10.2 Å². The second-order valence-corrected chi connectivity index (χ2v) is 7.78. The van der Waals surface area contributed by atoms with Gasteiger partial charge < -0.3 is 10.1 Å². The van der Waals surface area contributed by atoms with Crippen LogP contribution >= 0.6 is 15.9 Å². The molecule has 0 bridgehead atoms. The molecular formula is C24H19BrN2O3. The Morgan fingerprint density at radius 1 is 0.900 bits per heavy atom. The summed E-state index contributed by atoms with van der Waals surface area (Å²) in [4.78, 5) is 28.1. The highest BCUT2D eigenvalue weighted by atomic mass is 79.9. The van der Waals surface area contributed by atoms with E-state index in [1.165, 1.54) is 7.11 Å². The van der Waals surface area contributed by atoms with E-state index in [1.54, 1.807) is 24.3 Å². The molecule has 150 valence electrons. The number of para-hydroxylation sites is 2. The van der Waals surface area contributed by atoms with Crippen molar-refractivity contribution in [3.63, 3.8) is 0 Å². The van der Waals surface area contributed by atoms with Crippen molar-refractivity contribution >= 4 is 44.7 Å². The molecule has 1 aliphatic rings. The standard InChI is InChI=1S/C24H19BrN2O3/c1-15-10-12-16(13-11-15)21-22(26-18-7-5-6-17(25)14-18)24(29)27(23(21)28)19-8-3-4-9-20(19)30-2/h3-14,26H,1-2H3. The predicted octanol–water partition coefficient (Wildman–Crippen LogP) is 5.16. The number of halogens is 1. The Hall–Kier alpha value is -3.38. The third-order valence-electron chi connectivity index (χ3n) is 4.84. The number of amides is 2. The van der Waals surface area contributed by atoms with Crippen LogP contribution < -0.4 is 15.0 Å². The van der Waals surface area contributed by atoms with Crippen LogP contribution in [0.25, 0.3) is 5.57 Å².